The largest absolute Gasteiger partial charge is 0.489 e. The quantitative estimate of drug-likeness (QED) is 0.110. The summed E-state index contributed by atoms with van der Waals surface area (Å²) < 4.78 is 28.1. The van der Waals surface area contributed by atoms with Gasteiger partial charge in [0.2, 0.25) is 5.91 Å². The molecule has 1 saturated heterocycles. The van der Waals surface area contributed by atoms with Crippen molar-refractivity contribution in [3.05, 3.63) is 130 Å². The summed E-state index contributed by atoms with van der Waals surface area (Å²) in [5.41, 5.74) is 3.94. The predicted molar refractivity (Wildman–Crippen MR) is 186 cm³/mol. The highest BCUT2D eigenvalue weighted by molar-refractivity contribution is 9.10. The van der Waals surface area contributed by atoms with Crippen molar-refractivity contribution in [3.63, 3.8) is 0 Å². The van der Waals surface area contributed by atoms with Gasteiger partial charge in [0.25, 0.3) is 0 Å². The Kier molecular flexibility index (Phi) is 10.3. The number of ether oxygens (including phenoxy) is 1. The van der Waals surface area contributed by atoms with E-state index in [9.17, 15) is 9.18 Å². The summed E-state index contributed by atoms with van der Waals surface area (Å²) in [5, 5.41) is 0.0359. The maximum atomic E-state index is 13.9. The molecule has 5 rings (SSSR count). The van der Waals surface area contributed by atoms with Gasteiger partial charge in [-0.3, -0.25) is 4.79 Å². The first-order chi connectivity index (χ1) is 21.4. The Balaban J connectivity index is 1.40. The zero-order valence-corrected chi connectivity index (χ0v) is 29.4. The van der Waals surface area contributed by atoms with E-state index in [0.717, 1.165) is 45.4 Å². The van der Waals surface area contributed by atoms with Gasteiger partial charge in [-0.2, -0.15) is 0 Å². The SMILES string of the molecule is CC(C)(C)[Si](C)(C)O[C@@H](CCC[C@H]1C(=O)N(c2ccccc2)[C@@H]1c1ccc(Br)cc1OCc1ccccc1)c1ccc(F)cc1. The number of carbonyl (C=O) groups is 1. The number of hydrogen-bond acceptors (Lipinski definition) is 3. The van der Waals surface area contributed by atoms with Crippen molar-refractivity contribution >= 4 is 35.8 Å². The van der Waals surface area contributed by atoms with Crippen LogP contribution in [0.15, 0.2) is 108 Å². The molecule has 4 aromatic rings. The van der Waals surface area contributed by atoms with Crippen LogP contribution in [0.5, 0.6) is 5.75 Å². The summed E-state index contributed by atoms with van der Waals surface area (Å²) in [4.78, 5) is 15.8. The highest BCUT2D eigenvalue weighted by atomic mass is 79.9. The minimum Gasteiger partial charge on any atom is -0.489 e. The number of β-lactam (4-membered cyclic amide) rings is 1. The lowest BCUT2D eigenvalue weighted by Crippen LogP contribution is -2.55. The molecule has 7 heteroatoms. The highest BCUT2D eigenvalue weighted by Gasteiger charge is 2.49. The molecule has 1 aliphatic rings. The lowest BCUT2D eigenvalue weighted by atomic mass is 9.78. The van der Waals surface area contributed by atoms with Crippen LogP contribution in [0.1, 0.15) is 68.9 Å². The molecule has 0 spiro atoms. The molecule has 0 unspecified atom stereocenters. The molecule has 0 radical (unpaired) electrons. The van der Waals surface area contributed by atoms with Crippen LogP contribution in [-0.4, -0.2) is 14.2 Å². The van der Waals surface area contributed by atoms with Gasteiger partial charge in [0.05, 0.1) is 18.1 Å². The fraction of sp³-hybridized carbons (Fsp3) is 0.342. The fourth-order valence-electron chi connectivity index (χ4n) is 5.70. The van der Waals surface area contributed by atoms with Crippen molar-refractivity contribution in [1.29, 1.82) is 0 Å². The molecule has 0 aliphatic carbocycles. The van der Waals surface area contributed by atoms with Crippen molar-refractivity contribution in [2.75, 3.05) is 4.90 Å². The van der Waals surface area contributed by atoms with Crippen molar-refractivity contribution in [3.8, 4) is 5.75 Å². The monoisotopic (exact) mass is 687 g/mol. The standard InChI is InChI=1S/C38H43BrFNO3Si/c1-38(2,3)45(4,5)44-34(28-19-22-30(40)23-20-28)18-12-17-33-36(41(37(33)42)31-15-10-7-11-16-31)32-24-21-29(39)25-35(32)43-26-27-13-8-6-9-14-27/h6-11,13-16,19-25,33-34,36H,12,17-18,26H2,1-5H3/t33-,34+,36-/m1/s1. The molecule has 0 aromatic heterocycles. The normalized spacial score (nSPS) is 17.6. The van der Waals surface area contributed by atoms with Crippen LogP contribution in [0, 0.1) is 11.7 Å². The molecule has 1 fully saturated rings. The number of hydrogen-bond donors (Lipinski definition) is 0. The van der Waals surface area contributed by atoms with Crippen molar-refractivity contribution in [1.82, 2.24) is 0 Å². The van der Waals surface area contributed by atoms with Gasteiger partial charge >= 0.3 is 0 Å². The van der Waals surface area contributed by atoms with Crippen LogP contribution in [0.2, 0.25) is 18.1 Å². The minimum absolute atomic E-state index is 0.0359. The van der Waals surface area contributed by atoms with Crippen LogP contribution < -0.4 is 9.64 Å². The first-order valence-electron chi connectivity index (χ1n) is 15.7. The Morgan fingerprint density at radius 3 is 2.20 bits per heavy atom. The van der Waals surface area contributed by atoms with Gasteiger partial charge in [-0.25, -0.2) is 4.39 Å². The molecule has 0 N–H and O–H groups in total. The fourth-order valence-corrected chi connectivity index (χ4v) is 7.36. The molecule has 236 valence electrons. The van der Waals surface area contributed by atoms with Crippen LogP contribution in [0.25, 0.3) is 0 Å². The Bertz CT molecular complexity index is 1570. The van der Waals surface area contributed by atoms with E-state index in [1.807, 2.05) is 89.8 Å². The molecule has 4 nitrogen and oxygen atoms in total. The predicted octanol–water partition coefficient (Wildman–Crippen LogP) is 10.8. The second-order valence-electron chi connectivity index (χ2n) is 13.4. The maximum Gasteiger partial charge on any atom is 0.233 e. The van der Waals surface area contributed by atoms with Crippen molar-refractivity contribution in [2.24, 2.45) is 5.92 Å². The van der Waals surface area contributed by atoms with Gasteiger partial charge in [0, 0.05) is 15.7 Å². The first-order valence-corrected chi connectivity index (χ1v) is 19.4. The molecule has 4 aromatic carbocycles. The van der Waals surface area contributed by atoms with Gasteiger partial charge in [-0.15, -0.1) is 0 Å². The van der Waals surface area contributed by atoms with Gasteiger partial charge in [0.15, 0.2) is 8.32 Å². The number of halogens is 2. The topological polar surface area (TPSA) is 38.8 Å². The molecule has 1 aliphatic heterocycles. The smallest absolute Gasteiger partial charge is 0.233 e. The molecule has 45 heavy (non-hydrogen) atoms. The van der Waals surface area contributed by atoms with Crippen molar-refractivity contribution < 1.29 is 18.3 Å². The third-order valence-corrected chi connectivity index (χ3v) is 14.2. The second kappa shape index (κ2) is 14.0. The van der Waals surface area contributed by atoms with Gasteiger partial charge < -0.3 is 14.1 Å². The first kappa shape index (κ1) is 33.1. The van der Waals surface area contributed by atoms with Gasteiger partial charge in [-0.05, 0) is 84.9 Å². The van der Waals surface area contributed by atoms with Gasteiger partial charge in [0.1, 0.15) is 18.2 Å². The van der Waals surface area contributed by atoms with E-state index in [4.69, 9.17) is 9.16 Å². The summed E-state index contributed by atoms with van der Waals surface area (Å²) in [6, 6.07) is 32.6. The Morgan fingerprint density at radius 1 is 0.911 bits per heavy atom. The number of benzene rings is 4. The van der Waals surface area contributed by atoms with E-state index >= 15 is 0 Å². The molecule has 0 bridgehead atoms. The Labute approximate surface area is 276 Å². The summed E-state index contributed by atoms with van der Waals surface area (Å²) >= 11 is 3.63. The number of nitrogens with zero attached hydrogens (tertiary/aromatic N) is 1. The highest BCUT2D eigenvalue weighted by Crippen LogP contribution is 2.49. The number of rotatable bonds is 12. The lowest BCUT2D eigenvalue weighted by Gasteiger charge is -2.48. The van der Waals surface area contributed by atoms with Crippen LogP contribution in [0.3, 0.4) is 0 Å². The molecular formula is C38H43BrFNO3Si. The number of para-hydroxylation sites is 1. The van der Waals surface area contributed by atoms with E-state index in [1.165, 1.54) is 12.1 Å². The maximum absolute atomic E-state index is 13.9. The third-order valence-electron chi connectivity index (χ3n) is 9.25. The summed E-state index contributed by atoms with van der Waals surface area (Å²) in [5.74, 6) is 0.426. The average Bonchev–Trinajstić information content (AvgIpc) is 3.01. The van der Waals surface area contributed by atoms with Crippen LogP contribution >= 0.6 is 15.9 Å². The molecule has 0 saturated carbocycles. The average molecular weight is 689 g/mol. The van der Waals surface area contributed by atoms with E-state index in [2.05, 4.69) is 55.9 Å². The van der Waals surface area contributed by atoms with Crippen LogP contribution in [-0.2, 0) is 15.8 Å². The molecule has 3 atom stereocenters. The lowest BCUT2D eigenvalue weighted by molar-refractivity contribution is -0.130. The van der Waals surface area contributed by atoms with E-state index in [1.54, 1.807) is 0 Å². The summed E-state index contributed by atoms with van der Waals surface area (Å²) in [7, 11) is -2.11. The molecule has 1 heterocycles. The van der Waals surface area contributed by atoms with E-state index in [0.29, 0.717) is 13.0 Å². The zero-order chi connectivity index (χ0) is 32.2. The molecule has 1 amide bonds. The summed E-state index contributed by atoms with van der Waals surface area (Å²) in [6.07, 6.45) is 2.09. The third kappa shape index (κ3) is 7.76. The minimum atomic E-state index is -2.11. The summed E-state index contributed by atoms with van der Waals surface area (Å²) in [6.45, 7) is 11.6. The van der Waals surface area contributed by atoms with Crippen molar-refractivity contribution in [2.45, 2.75) is 76.9 Å². The van der Waals surface area contributed by atoms with E-state index in [-0.39, 0.29) is 34.8 Å². The van der Waals surface area contributed by atoms with E-state index < -0.39 is 8.32 Å². The number of anilines is 1. The molecular weight excluding hydrogens is 645 g/mol. The second-order valence-corrected chi connectivity index (χ2v) is 19.1. The van der Waals surface area contributed by atoms with Gasteiger partial charge in [-0.1, -0.05) is 103 Å². The van der Waals surface area contributed by atoms with Crippen LogP contribution in [0.4, 0.5) is 10.1 Å². The zero-order valence-electron chi connectivity index (χ0n) is 26.8. The number of amides is 1. The number of carbonyl (C=O) groups excluding carboxylic acids is 1. The Hall–Kier alpha value is -3.26. The Morgan fingerprint density at radius 2 is 1.56 bits per heavy atom.